The number of hydrogen-bond acceptors (Lipinski definition) is 4. The van der Waals surface area contributed by atoms with Gasteiger partial charge in [-0.3, -0.25) is 0 Å². The summed E-state index contributed by atoms with van der Waals surface area (Å²) in [5.74, 6) is 0. The number of thiophene rings is 2. The summed E-state index contributed by atoms with van der Waals surface area (Å²) >= 11 is 3.15. The van der Waals surface area contributed by atoms with Gasteiger partial charge in [0.1, 0.15) is 11.2 Å². The molecule has 186 valence electrons. The van der Waals surface area contributed by atoms with Gasteiger partial charge in [0.05, 0.1) is 0 Å². The zero-order valence-corrected chi connectivity index (χ0v) is 22.2. The number of hydrogen-bond donors (Lipinski definition) is 2. The molecule has 4 aromatic carbocycles. The second kappa shape index (κ2) is 10.2. The van der Waals surface area contributed by atoms with Gasteiger partial charge in [-0.1, -0.05) is 121 Å². The van der Waals surface area contributed by atoms with E-state index in [9.17, 15) is 10.2 Å². The first-order chi connectivity index (χ1) is 18.6. The zero-order valence-electron chi connectivity index (χ0n) is 20.6. The van der Waals surface area contributed by atoms with E-state index in [1.807, 2.05) is 133 Å². The van der Waals surface area contributed by atoms with Crippen LogP contribution >= 0.6 is 22.7 Å². The Morgan fingerprint density at radius 1 is 0.342 bits per heavy atom. The van der Waals surface area contributed by atoms with Crippen molar-refractivity contribution in [1.82, 2.24) is 0 Å². The van der Waals surface area contributed by atoms with Crippen molar-refractivity contribution in [2.75, 3.05) is 0 Å². The van der Waals surface area contributed by atoms with Gasteiger partial charge in [0, 0.05) is 19.5 Å². The normalized spacial score (nSPS) is 11.9. The van der Waals surface area contributed by atoms with E-state index in [0.29, 0.717) is 0 Å². The van der Waals surface area contributed by atoms with Crippen molar-refractivity contribution in [3.8, 4) is 9.75 Å². The molecule has 2 heterocycles. The number of benzene rings is 4. The summed E-state index contributed by atoms with van der Waals surface area (Å²) in [5.41, 5.74) is 0.784. The summed E-state index contributed by atoms with van der Waals surface area (Å²) in [6.07, 6.45) is 0. The molecule has 0 fully saturated rings. The monoisotopic (exact) mass is 530 g/mol. The fourth-order valence-corrected chi connectivity index (χ4v) is 7.32. The molecule has 6 rings (SSSR count). The molecular formula is C34H26O2S2. The van der Waals surface area contributed by atoms with Crippen molar-refractivity contribution < 1.29 is 10.2 Å². The molecule has 0 saturated carbocycles. The highest BCUT2D eigenvalue weighted by molar-refractivity contribution is 7.22. The van der Waals surface area contributed by atoms with Crippen molar-refractivity contribution >= 4 is 22.7 Å². The minimum Gasteiger partial charge on any atom is -0.375 e. The maximum Gasteiger partial charge on any atom is 0.149 e. The van der Waals surface area contributed by atoms with Gasteiger partial charge in [0.2, 0.25) is 0 Å². The van der Waals surface area contributed by atoms with Crippen LogP contribution in [0.1, 0.15) is 32.0 Å². The Kier molecular flexibility index (Phi) is 6.56. The lowest BCUT2D eigenvalue weighted by molar-refractivity contribution is 0.129. The topological polar surface area (TPSA) is 40.5 Å². The van der Waals surface area contributed by atoms with E-state index >= 15 is 0 Å². The van der Waals surface area contributed by atoms with Crippen LogP contribution < -0.4 is 0 Å². The molecule has 4 heteroatoms. The van der Waals surface area contributed by atoms with Crippen molar-refractivity contribution in [2.45, 2.75) is 11.2 Å². The quantitative estimate of drug-likeness (QED) is 0.219. The Labute approximate surface area is 230 Å². The van der Waals surface area contributed by atoms with Gasteiger partial charge in [0.25, 0.3) is 0 Å². The molecule has 0 unspecified atom stereocenters. The lowest BCUT2D eigenvalue weighted by Gasteiger charge is -2.28. The van der Waals surface area contributed by atoms with E-state index in [0.717, 1.165) is 41.8 Å². The maximum absolute atomic E-state index is 12.2. The minimum atomic E-state index is -1.26. The summed E-state index contributed by atoms with van der Waals surface area (Å²) in [4.78, 5) is 3.79. The van der Waals surface area contributed by atoms with Gasteiger partial charge in [-0.2, -0.15) is 0 Å². The van der Waals surface area contributed by atoms with Crippen LogP contribution in [0.2, 0.25) is 0 Å². The van der Waals surface area contributed by atoms with E-state index in [-0.39, 0.29) is 0 Å². The third-order valence-corrected chi connectivity index (χ3v) is 9.52. The highest BCUT2D eigenvalue weighted by Gasteiger charge is 2.37. The Bertz CT molecular complexity index is 1420. The molecule has 0 aliphatic rings. The second-order valence-corrected chi connectivity index (χ2v) is 11.4. The van der Waals surface area contributed by atoms with E-state index in [1.165, 1.54) is 0 Å². The summed E-state index contributed by atoms with van der Waals surface area (Å²) in [6, 6.07) is 47.4. The summed E-state index contributed by atoms with van der Waals surface area (Å²) in [5, 5.41) is 24.4. The molecule has 6 aromatic rings. The van der Waals surface area contributed by atoms with Crippen LogP contribution in [0.25, 0.3) is 9.75 Å². The number of aliphatic hydroxyl groups is 2. The van der Waals surface area contributed by atoms with Crippen LogP contribution in [0.5, 0.6) is 0 Å². The molecular weight excluding hydrogens is 505 g/mol. The van der Waals surface area contributed by atoms with Crippen LogP contribution in [0, 0.1) is 0 Å². The molecule has 0 atom stereocenters. The van der Waals surface area contributed by atoms with Crippen molar-refractivity contribution in [3.63, 3.8) is 0 Å². The van der Waals surface area contributed by atoms with E-state index in [2.05, 4.69) is 12.1 Å². The molecule has 0 bridgehead atoms. The fraction of sp³-hybridized carbons (Fsp3) is 0.0588. The van der Waals surface area contributed by atoms with Gasteiger partial charge in [-0.25, -0.2) is 0 Å². The number of rotatable bonds is 7. The van der Waals surface area contributed by atoms with E-state index in [4.69, 9.17) is 0 Å². The molecule has 0 amide bonds. The molecule has 0 saturated heterocycles. The third-order valence-electron chi connectivity index (χ3n) is 6.93. The Hall–Kier alpha value is -3.80. The van der Waals surface area contributed by atoms with Gasteiger partial charge < -0.3 is 10.2 Å². The fourth-order valence-electron chi connectivity index (χ4n) is 4.95. The molecule has 0 aliphatic heterocycles. The summed E-state index contributed by atoms with van der Waals surface area (Å²) in [6.45, 7) is 0. The van der Waals surface area contributed by atoms with E-state index < -0.39 is 11.2 Å². The van der Waals surface area contributed by atoms with Gasteiger partial charge in [0.15, 0.2) is 0 Å². The van der Waals surface area contributed by atoms with E-state index in [1.54, 1.807) is 22.7 Å². The van der Waals surface area contributed by atoms with Crippen molar-refractivity contribution in [2.24, 2.45) is 0 Å². The van der Waals surface area contributed by atoms with Gasteiger partial charge in [-0.05, 0) is 46.5 Å². The molecule has 2 nitrogen and oxygen atoms in total. The molecule has 0 radical (unpaired) electrons. The molecule has 2 aromatic heterocycles. The first kappa shape index (κ1) is 24.5. The summed E-state index contributed by atoms with van der Waals surface area (Å²) in [7, 11) is 0. The average Bonchev–Trinajstić information content (AvgIpc) is 3.69. The lowest BCUT2D eigenvalue weighted by atomic mass is 9.85. The lowest BCUT2D eigenvalue weighted by Crippen LogP contribution is -2.27. The highest BCUT2D eigenvalue weighted by atomic mass is 32.1. The molecule has 0 aliphatic carbocycles. The van der Waals surface area contributed by atoms with Crippen molar-refractivity contribution in [3.05, 3.63) is 178 Å². The standard InChI is InChI=1S/C34H26O2S2/c35-33(25-13-5-1-6-14-25,26-15-7-2-8-16-26)31-23-21-29(37-31)30-22-24-32(38-30)34(36,27-17-9-3-10-18-27)28-19-11-4-12-20-28/h1-24,35-36H. The second-order valence-electron chi connectivity index (χ2n) is 9.21. The van der Waals surface area contributed by atoms with Crippen LogP contribution in [0.15, 0.2) is 146 Å². The smallest absolute Gasteiger partial charge is 0.149 e. The van der Waals surface area contributed by atoms with Crippen LogP contribution in [-0.2, 0) is 11.2 Å². The first-order valence-corrected chi connectivity index (χ1v) is 14.1. The Morgan fingerprint density at radius 2 is 0.605 bits per heavy atom. The third kappa shape index (κ3) is 4.22. The van der Waals surface area contributed by atoms with Gasteiger partial charge >= 0.3 is 0 Å². The average molecular weight is 531 g/mol. The van der Waals surface area contributed by atoms with Crippen molar-refractivity contribution in [1.29, 1.82) is 0 Å². The molecule has 2 N–H and O–H groups in total. The van der Waals surface area contributed by atoms with Gasteiger partial charge in [-0.15, -0.1) is 22.7 Å². The largest absolute Gasteiger partial charge is 0.375 e. The predicted molar refractivity (Wildman–Crippen MR) is 158 cm³/mol. The Morgan fingerprint density at radius 3 is 0.868 bits per heavy atom. The summed E-state index contributed by atoms with van der Waals surface area (Å²) < 4.78 is 0. The van der Waals surface area contributed by atoms with Crippen LogP contribution in [0.4, 0.5) is 0 Å². The highest BCUT2D eigenvalue weighted by Crippen LogP contribution is 2.46. The van der Waals surface area contributed by atoms with Crippen LogP contribution in [-0.4, -0.2) is 10.2 Å². The predicted octanol–water partition coefficient (Wildman–Crippen LogP) is 8.05. The minimum absolute atomic E-state index is 0.828. The molecule has 38 heavy (non-hydrogen) atoms. The first-order valence-electron chi connectivity index (χ1n) is 12.5. The Balaban J connectivity index is 1.43. The molecule has 0 spiro atoms. The maximum atomic E-state index is 12.2. The zero-order chi connectivity index (χ0) is 26.0. The SMILES string of the molecule is OC(c1ccccc1)(c1ccccc1)c1ccc(-c2ccc(C(O)(c3ccccc3)c3ccccc3)s2)s1. The van der Waals surface area contributed by atoms with Crippen LogP contribution in [0.3, 0.4) is 0 Å².